The highest BCUT2D eigenvalue weighted by Gasteiger charge is 2.31. The lowest BCUT2D eigenvalue weighted by atomic mass is 9.97. The number of amides is 2. The number of unbranched alkanes of at least 4 members (excludes halogenated alkanes) is 1. The average molecular weight is 657 g/mol. The summed E-state index contributed by atoms with van der Waals surface area (Å²) in [5.74, 6) is -1.21. The van der Waals surface area contributed by atoms with Gasteiger partial charge in [0.1, 0.15) is 18.5 Å². The number of nitrogens with one attached hydrogen (secondary N) is 2. The summed E-state index contributed by atoms with van der Waals surface area (Å²) in [5.41, 5.74) is 2.68. The van der Waals surface area contributed by atoms with Gasteiger partial charge in [-0.05, 0) is 54.5 Å². The van der Waals surface area contributed by atoms with Crippen LogP contribution in [-0.4, -0.2) is 55.3 Å². The number of methoxy groups -OCH3 is 1. The van der Waals surface area contributed by atoms with Crippen molar-refractivity contribution in [3.05, 3.63) is 127 Å². The first-order valence-electron chi connectivity index (χ1n) is 16.3. The molecule has 9 heteroatoms. The van der Waals surface area contributed by atoms with E-state index in [1.807, 2.05) is 84.9 Å². The van der Waals surface area contributed by atoms with Crippen LogP contribution < -0.4 is 15.4 Å². The number of hydrogen-bond acceptors (Lipinski definition) is 7. The molecule has 0 saturated carbocycles. The summed E-state index contributed by atoms with van der Waals surface area (Å²) in [6.07, 6.45) is 4.53. The molecule has 0 aliphatic carbocycles. The fourth-order valence-corrected chi connectivity index (χ4v) is 5.20. The Morgan fingerprint density at radius 3 is 2.19 bits per heavy atom. The van der Waals surface area contributed by atoms with Gasteiger partial charge in [-0.1, -0.05) is 84.9 Å². The van der Waals surface area contributed by atoms with E-state index in [9.17, 15) is 19.5 Å². The fourth-order valence-electron chi connectivity index (χ4n) is 5.20. The van der Waals surface area contributed by atoms with E-state index in [1.165, 1.54) is 7.11 Å². The Hall–Kier alpha value is -4.73. The van der Waals surface area contributed by atoms with Crippen LogP contribution in [0.1, 0.15) is 54.9 Å². The zero-order valence-corrected chi connectivity index (χ0v) is 27.7. The van der Waals surface area contributed by atoms with Gasteiger partial charge in [-0.25, -0.2) is 0 Å². The summed E-state index contributed by atoms with van der Waals surface area (Å²) in [5, 5.41) is 15.9. The van der Waals surface area contributed by atoms with Crippen molar-refractivity contribution in [2.45, 2.75) is 63.3 Å². The molecule has 0 aromatic heterocycles. The molecule has 0 aliphatic rings. The van der Waals surface area contributed by atoms with Gasteiger partial charge >= 0.3 is 5.97 Å². The number of benzene rings is 3. The lowest BCUT2D eigenvalue weighted by molar-refractivity contribution is -0.153. The molecule has 4 unspecified atom stereocenters. The molecule has 3 aromatic carbocycles. The maximum absolute atomic E-state index is 13.6. The third kappa shape index (κ3) is 13.2. The molecule has 48 heavy (non-hydrogen) atoms. The van der Waals surface area contributed by atoms with Crippen LogP contribution in [0.25, 0.3) is 0 Å². The van der Waals surface area contributed by atoms with Crippen molar-refractivity contribution in [3.8, 4) is 5.75 Å². The second-order valence-corrected chi connectivity index (χ2v) is 11.6. The van der Waals surface area contributed by atoms with Gasteiger partial charge in [0.25, 0.3) is 0 Å². The quantitative estimate of drug-likeness (QED) is 0.0727. The molecule has 256 valence electrons. The maximum atomic E-state index is 13.6. The molecular formula is C39H48N2O7. The molecule has 3 N–H and O–H groups in total. The summed E-state index contributed by atoms with van der Waals surface area (Å²) < 4.78 is 17.2. The Kier molecular flexibility index (Phi) is 16.7. The first kappa shape index (κ1) is 37.7. The van der Waals surface area contributed by atoms with Gasteiger partial charge in [-0.3, -0.25) is 14.4 Å². The molecule has 0 fully saturated rings. The van der Waals surface area contributed by atoms with Crippen LogP contribution in [0.3, 0.4) is 0 Å². The molecule has 3 aromatic rings. The highest BCUT2D eigenvalue weighted by Crippen LogP contribution is 2.24. The molecule has 0 bridgehead atoms. The number of aliphatic hydroxyl groups excluding tert-OH is 1. The van der Waals surface area contributed by atoms with Crippen LogP contribution in [0, 0.1) is 5.92 Å². The molecule has 0 heterocycles. The third-order valence-corrected chi connectivity index (χ3v) is 7.71. The Labute approximate surface area is 284 Å². The minimum Gasteiger partial charge on any atom is -0.489 e. The van der Waals surface area contributed by atoms with Gasteiger partial charge in [0.15, 0.2) is 0 Å². The maximum Gasteiger partial charge on any atom is 0.306 e. The summed E-state index contributed by atoms with van der Waals surface area (Å²) >= 11 is 0. The Balaban J connectivity index is 1.61. The van der Waals surface area contributed by atoms with E-state index in [1.54, 1.807) is 12.2 Å². The summed E-state index contributed by atoms with van der Waals surface area (Å²) in [4.78, 5) is 39.5. The zero-order chi connectivity index (χ0) is 34.6. The Morgan fingerprint density at radius 2 is 1.56 bits per heavy atom. The van der Waals surface area contributed by atoms with Gasteiger partial charge in [0, 0.05) is 20.0 Å². The molecule has 0 radical (unpaired) electrons. The summed E-state index contributed by atoms with van der Waals surface area (Å²) in [6, 6.07) is 25.3. The highest BCUT2D eigenvalue weighted by atomic mass is 16.5. The second-order valence-electron chi connectivity index (χ2n) is 11.6. The highest BCUT2D eigenvalue weighted by molar-refractivity contribution is 5.86. The van der Waals surface area contributed by atoms with Crippen molar-refractivity contribution in [2.24, 2.45) is 5.92 Å². The topological polar surface area (TPSA) is 123 Å². The third-order valence-electron chi connectivity index (χ3n) is 7.71. The molecule has 2 amide bonds. The van der Waals surface area contributed by atoms with Crippen LogP contribution in [0.2, 0.25) is 0 Å². The average Bonchev–Trinajstić information content (AvgIpc) is 3.10. The van der Waals surface area contributed by atoms with E-state index in [4.69, 9.17) is 14.2 Å². The molecule has 0 aliphatic heterocycles. The van der Waals surface area contributed by atoms with Crippen LogP contribution in [0.5, 0.6) is 5.75 Å². The van der Waals surface area contributed by atoms with Crippen LogP contribution in [0.4, 0.5) is 0 Å². The Morgan fingerprint density at radius 1 is 0.875 bits per heavy atom. The lowest BCUT2D eigenvalue weighted by Crippen LogP contribution is -2.47. The van der Waals surface area contributed by atoms with Crippen molar-refractivity contribution >= 4 is 17.8 Å². The van der Waals surface area contributed by atoms with E-state index < -0.39 is 36.0 Å². The largest absolute Gasteiger partial charge is 0.489 e. The predicted molar refractivity (Wildman–Crippen MR) is 186 cm³/mol. The Bertz CT molecular complexity index is 1410. The predicted octanol–water partition coefficient (Wildman–Crippen LogP) is 5.64. The van der Waals surface area contributed by atoms with Gasteiger partial charge in [-0.2, -0.15) is 0 Å². The van der Waals surface area contributed by atoms with E-state index in [-0.39, 0.29) is 38.4 Å². The number of ether oxygens (including phenoxy) is 3. The van der Waals surface area contributed by atoms with E-state index >= 15 is 0 Å². The van der Waals surface area contributed by atoms with Crippen LogP contribution in [-0.2, 0) is 36.9 Å². The number of aliphatic hydroxyl groups is 1. The number of esters is 1. The smallest absolute Gasteiger partial charge is 0.306 e. The standard InChI is InChI=1S/C39H48N2O7/c1-4-6-9-19-37(44)48-38(31-17-12-8-13-18-31)35(28-46-3)41-39(45)32(14-5-2)25-36(43)40-33(26-42)24-29-20-22-34(23-21-29)47-27-30-15-10-7-11-16-30/h4-5,7-8,10-13,15-18,20-23,32-33,35,38,42H,1-2,6,9,14,19,24-28H2,3H3,(H,40,43)(H,41,45). The van der Waals surface area contributed by atoms with Crippen molar-refractivity contribution < 1.29 is 33.7 Å². The minimum absolute atomic E-state index is 0.0704. The van der Waals surface area contributed by atoms with Crippen molar-refractivity contribution in [3.63, 3.8) is 0 Å². The summed E-state index contributed by atoms with van der Waals surface area (Å²) in [6.45, 7) is 7.71. The molecule has 0 saturated heterocycles. The van der Waals surface area contributed by atoms with Crippen molar-refractivity contribution in [2.75, 3.05) is 20.3 Å². The lowest BCUT2D eigenvalue weighted by Gasteiger charge is -2.29. The first-order chi connectivity index (χ1) is 23.4. The van der Waals surface area contributed by atoms with Crippen LogP contribution in [0.15, 0.2) is 110 Å². The molecular weight excluding hydrogens is 608 g/mol. The fraction of sp³-hybridized carbons (Fsp3) is 0.359. The van der Waals surface area contributed by atoms with Gasteiger partial charge in [-0.15, -0.1) is 13.2 Å². The number of carbonyl (C=O) groups is 3. The number of carbonyl (C=O) groups excluding carboxylic acids is 3. The van der Waals surface area contributed by atoms with Gasteiger partial charge in [0.05, 0.1) is 31.2 Å². The zero-order valence-electron chi connectivity index (χ0n) is 27.7. The van der Waals surface area contributed by atoms with E-state index in [0.29, 0.717) is 37.2 Å². The minimum atomic E-state index is -0.807. The second kappa shape index (κ2) is 21.2. The van der Waals surface area contributed by atoms with Crippen molar-refractivity contribution in [1.29, 1.82) is 0 Å². The monoisotopic (exact) mass is 656 g/mol. The molecule has 3 rings (SSSR count). The molecule has 0 spiro atoms. The molecule has 4 atom stereocenters. The number of hydrogen-bond donors (Lipinski definition) is 3. The van der Waals surface area contributed by atoms with Gasteiger partial charge < -0.3 is 30.0 Å². The SMILES string of the molecule is C=CCCCC(=O)OC(c1ccccc1)C(COC)NC(=O)C(CC=C)CC(=O)NC(CO)Cc1ccc(OCc2ccccc2)cc1. The number of allylic oxidation sites excluding steroid dienone is 2. The first-order valence-corrected chi connectivity index (χ1v) is 16.3. The van der Waals surface area contributed by atoms with Gasteiger partial charge in [0.2, 0.25) is 11.8 Å². The number of rotatable bonds is 22. The summed E-state index contributed by atoms with van der Waals surface area (Å²) in [7, 11) is 1.50. The van der Waals surface area contributed by atoms with Crippen molar-refractivity contribution in [1.82, 2.24) is 10.6 Å². The molecule has 9 nitrogen and oxygen atoms in total. The van der Waals surface area contributed by atoms with Crippen LogP contribution >= 0.6 is 0 Å². The van der Waals surface area contributed by atoms with E-state index in [2.05, 4.69) is 23.8 Å². The van der Waals surface area contributed by atoms with E-state index in [0.717, 1.165) is 11.1 Å². The normalized spacial score (nSPS) is 13.3.